The van der Waals surface area contributed by atoms with Crippen LogP contribution in [0.2, 0.25) is 0 Å². The second kappa shape index (κ2) is 3.73. The molecular formula is C3H8O4Si. The SMILES string of the molecule is O=C(CO)C(O)O[SiH3]. The van der Waals surface area contributed by atoms with Gasteiger partial charge in [-0.2, -0.15) is 0 Å². The Morgan fingerprint density at radius 3 is 2.50 bits per heavy atom. The number of carbonyl (C=O) groups is 1. The van der Waals surface area contributed by atoms with E-state index >= 15 is 0 Å². The first kappa shape index (κ1) is 7.77. The lowest BCUT2D eigenvalue weighted by molar-refractivity contribution is -0.143. The average Bonchev–Trinajstić information content (AvgIpc) is 1.84. The highest BCUT2D eigenvalue weighted by Gasteiger charge is 2.09. The van der Waals surface area contributed by atoms with Crippen molar-refractivity contribution in [2.75, 3.05) is 6.61 Å². The van der Waals surface area contributed by atoms with Gasteiger partial charge in [0.1, 0.15) is 17.1 Å². The molecule has 0 aromatic carbocycles. The number of Topliss-reactive ketones (excluding diaryl/α,β-unsaturated/α-hetero) is 1. The minimum absolute atomic E-state index is 0.293. The summed E-state index contributed by atoms with van der Waals surface area (Å²) in [5, 5.41) is 16.5. The predicted octanol–water partition coefficient (Wildman–Crippen LogP) is -2.84. The largest absolute Gasteiger partial charge is 0.398 e. The third-order valence-corrected chi connectivity index (χ3v) is 1.10. The molecule has 48 valence electrons. The summed E-state index contributed by atoms with van der Waals surface area (Å²) >= 11 is 0. The van der Waals surface area contributed by atoms with Gasteiger partial charge >= 0.3 is 0 Å². The summed E-state index contributed by atoms with van der Waals surface area (Å²) in [6.45, 7) is -0.663. The molecule has 5 heteroatoms. The Hall–Kier alpha value is -0.233. The lowest BCUT2D eigenvalue weighted by atomic mass is 10.4. The Labute approximate surface area is 49.6 Å². The van der Waals surface area contributed by atoms with E-state index in [1.807, 2.05) is 0 Å². The molecule has 0 aromatic rings. The molecule has 0 saturated heterocycles. The first-order valence-electron chi connectivity index (χ1n) is 2.06. The molecule has 4 nitrogen and oxygen atoms in total. The topological polar surface area (TPSA) is 66.8 Å². The number of aliphatic hydroxyl groups excluding tert-OH is 2. The Morgan fingerprint density at radius 1 is 1.88 bits per heavy atom. The fourth-order valence-electron chi connectivity index (χ4n) is 0.210. The minimum atomic E-state index is -1.41. The summed E-state index contributed by atoms with van der Waals surface area (Å²) in [5.74, 6) is -0.694. The normalized spacial score (nSPS) is 13.8. The van der Waals surface area contributed by atoms with Gasteiger partial charge in [0.2, 0.25) is 12.1 Å². The highest BCUT2D eigenvalue weighted by atomic mass is 28.2. The molecule has 0 spiro atoms. The van der Waals surface area contributed by atoms with E-state index in [-0.39, 0.29) is 0 Å². The Balaban J connectivity index is 3.46. The van der Waals surface area contributed by atoms with Crippen LogP contribution < -0.4 is 0 Å². The van der Waals surface area contributed by atoms with Gasteiger partial charge < -0.3 is 14.6 Å². The van der Waals surface area contributed by atoms with Gasteiger partial charge in [-0.3, -0.25) is 4.79 Å². The second-order valence-electron chi connectivity index (χ2n) is 1.21. The number of hydrogen-bond donors (Lipinski definition) is 2. The lowest BCUT2D eigenvalue weighted by Crippen LogP contribution is -2.25. The first-order chi connectivity index (χ1) is 3.72. The molecule has 0 rings (SSSR count). The lowest BCUT2D eigenvalue weighted by Gasteiger charge is -2.02. The number of ketones is 1. The highest BCUT2D eigenvalue weighted by Crippen LogP contribution is 1.82. The van der Waals surface area contributed by atoms with Crippen molar-refractivity contribution in [1.82, 2.24) is 0 Å². The van der Waals surface area contributed by atoms with Crippen LogP contribution in [0.1, 0.15) is 0 Å². The molecule has 0 fully saturated rings. The van der Waals surface area contributed by atoms with Crippen LogP contribution in [0.5, 0.6) is 0 Å². The summed E-state index contributed by atoms with van der Waals surface area (Å²) in [7, 11) is 0.293. The Kier molecular flexibility index (Phi) is 3.62. The zero-order valence-corrected chi connectivity index (χ0v) is 6.50. The van der Waals surface area contributed by atoms with Gasteiger partial charge in [-0.1, -0.05) is 0 Å². The predicted molar refractivity (Wildman–Crippen MR) is 29.1 cm³/mol. The quantitative estimate of drug-likeness (QED) is 0.324. The molecule has 0 aromatic heterocycles. The van der Waals surface area contributed by atoms with Crippen LogP contribution >= 0.6 is 0 Å². The van der Waals surface area contributed by atoms with Crippen LogP contribution in [-0.2, 0) is 9.22 Å². The van der Waals surface area contributed by atoms with Gasteiger partial charge in [0.15, 0.2) is 0 Å². The maximum absolute atomic E-state index is 10.1. The molecule has 1 atom stereocenters. The molecule has 0 amide bonds. The molecule has 0 aliphatic carbocycles. The van der Waals surface area contributed by atoms with Crippen LogP contribution in [-0.4, -0.2) is 39.4 Å². The highest BCUT2D eigenvalue weighted by molar-refractivity contribution is 6.00. The van der Waals surface area contributed by atoms with Gasteiger partial charge in [0.05, 0.1) is 0 Å². The van der Waals surface area contributed by atoms with Crippen LogP contribution in [0.15, 0.2) is 0 Å². The molecule has 1 unspecified atom stereocenters. The molecule has 8 heavy (non-hydrogen) atoms. The Morgan fingerprint density at radius 2 is 2.38 bits per heavy atom. The molecule has 0 radical (unpaired) electrons. The number of aliphatic hydroxyl groups is 2. The maximum Gasteiger partial charge on any atom is 0.212 e. The van der Waals surface area contributed by atoms with E-state index in [0.717, 1.165) is 0 Å². The standard InChI is InChI=1S/C3H8O4Si/c4-1-2(5)3(6)7-8/h3-4,6H,1H2,8H3. The minimum Gasteiger partial charge on any atom is -0.398 e. The van der Waals surface area contributed by atoms with Crippen molar-refractivity contribution in [2.24, 2.45) is 0 Å². The zero-order valence-electron chi connectivity index (χ0n) is 4.50. The summed E-state index contributed by atoms with van der Waals surface area (Å²) in [6.07, 6.45) is -1.41. The maximum atomic E-state index is 10.1. The fraction of sp³-hybridized carbons (Fsp3) is 0.667. The fourth-order valence-corrected chi connectivity index (χ4v) is 0.472. The average molecular weight is 136 g/mol. The number of rotatable bonds is 3. The van der Waals surface area contributed by atoms with Gasteiger partial charge in [-0.15, -0.1) is 0 Å². The van der Waals surface area contributed by atoms with E-state index in [1.165, 1.54) is 0 Å². The zero-order chi connectivity index (χ0) is 6.57. The number of carbonyl (C=O) groups excluding carboxylic acids is 1. The second-order valence-corrected chi connectivity index (χ2v) is 1.68. The summed E-state index contributed by atoms with van der Waals surface area (Å²) in [4.78, 5) is 10.1. The van der Waals surface area contributed by atoms with Crippen LogP contribution in [0.3, 0.4) is 0 Å². The molecule has 0 bridgehead atoms. The molecule has 0 heterocycles. The first-order valence-corrected chi connectivity index (χ1v) is 2.88. The molecule has 0 aliphatic rings. The van der Waals surface area contributed by atoms with Gasteiger partial charge in [0, 0.05) is 0 Å². The van der Waals surface area contributed by atoms with E-state index in [1.54, 1.807) is 0 Å². The van der Waals surface area contributed by atoms with Gasteiger partial charge in [-0.05, 0) is 0 Å². The van der Waals surface area contributed by atoms with Crippen molar-refractivity contribution >= 4 is 16.3 Å². The monoisotopic (exact) mass is 136 g/mol. The van der Waals surface area contributed by atoms with Crippen molar-refractivity contribution in [2.45, 2.75) is 6.29 Å². The van der Waals surface area contributed by atoms with Crippen LogP contribution in [0.4, 0.5) is 0 Å². The summed E-state index contributed by atoms with van der Waals surface area (Å²) in [6, 6.07) is 0. The van der Waals surface area contributed by atoms with E-state index in [4.69, 9.17) is 10.2 Å². The van der Waals surface area contributed by atoms with E-state index in [0.29, 0.717) is 10.5 Å². The van der Waals surface area contributed by atoms with Crippen molar-refractivity contribution in [3.8, 4) is 0 Å². The van der Waals surface area contributed by atoms with E-state index < -0.39 is 18.7 Å². The third-order valence-electron chi connectivity index (χ3n) is 0.655. The van der Waals surface area contributed by atoms with Crippen molar-refractivity contribution in [3.63, 3.8) is 0 Å². The van der Waals surface area contributed by atoms with Crippen molar-refractivity contribution < 1.29 is 19.4 Å². The summed E-state index contributed by atoms with van der Waals surface area (Å²) < 4.78 is 4.29. The Bertz CT molecular complexity index is 83.4. The third kappa shape index (κ3) is 2.17. The van der Waals surface area contributed by atoms with Gasteiger partial charge in [0.25, 0.3) is 0 Å². The number of hydrogen-bond acceptors (Lipinski definition) is 4. The van der Waals surface area contributed by atoms with E-state index in [2.05, 4.69) is 4.43 Å². The van der Waals surface area contributed by atoms with Crippen LogP contribution in [0.25, 0.3) is 0 Å². The van der Waals surface area contributed by atoms with Crippen molar-refractivity contribution in [3.05, 3.63) is 0 Å². The molecular weight excluding hydrogens is 128 g/mol. The van der Waals surface area contributed by atoms with Crippen LogP contribution in [0, 0.1) is 0 Å². The van der Waals surface area contributed by atoms with Gasteiger partial charge in [-0.25, -0.2) is 0 Å². The van der Waals surface area contributed by atoms with Crippen molar-refractivity contribution in [1.29, 1.82) is 0 Å². The molecule has 2 N–H and O–H groups in total. The smallest absolute Gasteiger partial charge is 0.212 e. The van der Waals surface area contributed by atoms with E-state index in [9.17, 15) is 4.79 Å². The molecule has 0 saturated carbocycles. The summed E-state index contributed by atoms with van der Waals surface area (Å²) in [5.41, 5.74) is 0. The molecule has 0 aliphatic heterocycles.